The molecule has 1 aromatic rings. The summed E-state index contributed by atoms with van der Waals surface area (Å²) in [4.78, 5) is 11.6. The summed E-state index contributed by atoms with van der Waals surface area (Å²) in [6.45, 7) is 0.626. The minimum atomic E-state index is -0.381. The van der Waals surface area contributed by atoms with E-state index in [2.05, 4.69) is 5.32 Å². The van der Waals surface area contributed by atoms with E-state index in [1.165, 1.54) is 12.1 Å². The molecule has 0 saturated carbocycles. The van der Waals surface area contributed by atoms with Crippen molar-refractivity contribution in [1.82, 2.24) is 0 Å². The quantitative estimate of drug-likeness (QED) is 0.808. The average Bonchev–Trinajstić information content (AvgIpc) is 2.70. The average molecular weight is 209 g/mol. The molecule has 1 N–H and O–H groups in total. The van der Waals surface area contributed by atoms with E-state index in [0.717, 1.165) is 12.8 Å². The van der Waals surface area contributed by atoms with Crippen LogP contribution in [0.1, 0.15) is 12.8 Å². The minimum Gasteiger partial charge on any atom is -0.368 e. The van der Waals surface area contributed by atoms with Crippen LogP contribution in [0.25, 0.3) is 0 Å². The number of carbonyl (C=O) groups is 1. The van der Waals surface area contributed by atoms with Crippen LogP contribution in [-0.2, 0) is 9.53 Å². The molecule has 0 bridgehead atoms. The third-order valence-corrected chi connectivity index (χ3v) is 2.31. The molecule has 80 valence electrons. The molecule has 1 saturated heterocycles. The third kappa shape index (κ3) is 2.53. The van der Waals surface area contributed by atoms with Gasteiger partial charge < -0.3 is 10.1 Å². The molecule has 0 unspecified atom stereocenters. The molecule has 1 heterocycles. The molecular formula is C11H12FNO2. The molecule has 1 amide bonds. The molecule has 1 atom stereocenters. The zero-order valence-electron chi connectivity index (χ0n) is 8.20. The van der Waals surface area contributed by atoms with Crippen molar-refractivity contribution in [3.63, 3.8) is 0 Å². The van der Waals surface area contributed by atoms with E-state index in [1.54, 1.807) is 12.1 Å². The predicted molar refractivity (Wildman–Crippen MR) is 54.0 cm³/mol. The van der Waals surface area contributed by atoms with Gasteiger partial charge in [0.15, 0.2) is 0 Å². The van der Waals surface area contributed by atoms with E-state index in [0.29, 0.717) is 12.3 Å². The number of rotatable bonds is 2. The number of nitrogens with one attached hydrogen (secondary N) is 1. The molecule has 4 heteroatoms. The Morgan fingerprint density at radius 1 is 1.53 bits per heavy atom. The molecule has 15 heavy (non-hydrogen) atoms. The van der Waals surface area contributed by atoms with Crippen molar-refractivity contribution >= 4 is 11.6 Å². The normalized spacial score (nSPS) is 20.2. The van der Waals surface area contributed by atoms with Crippen LogP contribution >= 0.6 is 0 Å². The van der Waals surface area contributed by atoms with E-state index in [9.17, 15) is 9.18 Å². The number of hydrogen-bond donors (Lipinski definition) is 1. The number of amides is 1. The maximum Gasteiger partial charge on any atom is 0.253 e. The number of anilines is 1. The molecule has 0 aliphatic carbocycles. The van der Waals surface area contributed by atoms with Gasteiger partial charge in [0.05, 0.1) is 0 Å². The summed E-state index contributed by atoms with van der Waals surface area (Å²) < 4.78 is 18.0. The van der Waals surface area contributed by atoms with Crippen LogP contribution in [0, 0.1) is 5.82 Å². The zero-order valence-corrected chi connectivity index (χ0v) is 8.20. The van der Waals surface area contributed by atoms with Crippen LogP contribution in [0.15, 0.2) is 24.3 Å². The Labute approximate surface area is 87.2 Å². The van der Waals surface area contributed by atoms with Crippen molar-refractivity contribution in [2.75, 3.05) is 11.9 Å². The number of halogens is 1. The van der Waals surface area contributed by atoms with Crippen molar-refractivity contribution < 1.29 is 13.9 Å². The Balaban J connectivity index is 1.99. The second-order valence-electron chi connectivity index (χ2n) is 3.50. The largest absolute Gasteiger partial charge is 0.368 e. The molecule has 1 aliphatic rings. The minimum absolute atomic E-state index is 0.196. The first-order valence-corrected chi connectivity index (χ1v) is 4.94. The standard InChI is InChI=1S/C11H12FNO2/c12-8-3-1-4-9(7-8)13-11(14)10-5-2-6-15-10/h1,3-4,7,10H,2,5-6H2,(H,13,14)/t10-/m1/s1. The maximum absolute atomic E-state index is 12.8. The first-order chi connectivity index (χ1) is 7.25. The SMILES string of the molecule is O=C(Nc1cccc(F)c1)[C@H]1CCCO1. The van der Waals surface area contributed by atoms with Gasteiger partial charge in [0.1, 0.15) is 11.9 Å². The summed E-state index contributed by atoms with van der Waals surface area (Å²) in [6, 6.07) is 5.82. The van der Waals surface area contributed by atoms with Gasteiger partial charge in [0, 0.05) is 12.3 Å². The molecule has 0 radical (unpaired) electrons. The lowest BCUT2D eigenvalue weighted by atomic mass is 10.2. The first kappa shape index (κ1) is 10.1. The zero-order chi connectivity index (χ0) is 10.7. The lowest BCUT2D eigenvalue weighted by Gasteiger charge is -2.10. The Kier molecular flexibility index (Phi) is 2.97. The molecule has 2 rings (SSSR count). The summed E-state index contributed by atoms with van der Waals surface area (Å²) in [5.41, 5.74) is 0.468. The van der Waals surface area contributed by atoms with E-state index in [-0.39, 0.29) is 17.8 Å². The number of hydrogen-bond acceptors (Lipinski definition) is 2. The van der Waals surface area contributed by atoms with E-state index < -0.39 is 0 Å². The first-order valence-electron chi connectivity index (χ1n) is 4.94. The van der Waals surface area contributed by atoms with Crippen LogP contribution in [0.3, 0.4) is 0 Å². The van der Waals surface area contributed by atoms with Crippen LogP contribution in [0.2, 0.25) is 0 Å². The van der Waals surface area contributed by atoms with Crippen LogP contribution in [0.5, 0.6) is 0 Å². The highest BCUT2D eigenvalue weighted by molar-refractivity contribution is 5.94. The Morgan fingerprint density at radius 3 is 3.07 bits per heavy atom. The highest BCUT2D eigenvalue weighted by Crippen LogP contribution is 2.15. The van der Waals surface area contributed by atoms with Gasteiger partial charge in [0.25, 0.3) is 5.91 Å². The smallest absolute Gasteiger partial charge is 0.253 e. The van der Waals surface area contributed by atoms with Crippen molar-refractivity contribution in [2.24, 2.45) is 0 Å². The Hall–Kier alpha value is -1.42. The molecule has 0 aromatic heterocycles. The van der Waals surface area contributed by atoms with Gasteiger partial charge in [-0.15, -0.1) is 0 Å². The van der Waals surface area contributed by atoms with E-state index in [4.69, 9.17) is 4.74 Å². The van der Waals surface area contributed by atoms with Gasteiger partial charge in [-0.3, -0.25) is 4.79 Å². The number of benzene rings is 1. The predicted octanol–water partition coefficient (Wildman–Crippen LogP) is 1.94. The van der Waals surface area contributed by atoms with Crippen molar-refractivity contribution in [1.29, 1.82) is 0 Å². The second kappa shape index (κ2) is 4.40. The van der Waals surface area contributed by atoms with Gasteiger partial charge in [-0.2, -0.15) is 0 Å². The monoisotopic (exact) mass is 209 g/mol. The second-order valence-corrected chi connectivity index (χ2v) is 3.50. The number of ether oxygens (including phenoxy) is 1. The van der Waals surface area contributed by atoms with Crippen LogP contribution in [0.4, 0.5) is 10.1 Å². The van der Waals surface area contributed by atoms with Crippen molar-refractivity contribution in [3.8, 4) is 0 Å². The summed E-state index contributed by atoms with van der Waals surface area (Å²) >= 11 is 0. The highest BCUT2D eigenvalue weighted by atomic mass is 19.1. The fraction of sp³-hybridized carbons (Fsp3) is 0.364. The fourth-order valence-corrected chi connectivity index (χ4v) is 1.57. The lowest BCUT2D eigenvalue weighted by molar-refractivity contribution is -0.124. The summed E-state index contributed by atoms with van der Waals surface area (Å²) in [6.07, 6.45) is 1.26. The molecule has 1 aromatic carbocycles. The molecule has 0 spiro atoms. The van der Waals surface area contributed by atoms with E-state index in [1.807, 2.05) is 0 Å². The summed E-state index contributed by atoms with van der Waals surface area (Å²) in [5.74, 6) is -0.557. The maximum atomic E-state index is 12.8. The molecule has 3 nitrogen and oxygen atoms in total. The highest BCUT2D eigenvalue weighted by Gasteiger charge is 2.23. The summed E-state index contributed by atoms with van der Waals surface area (Å²) in [7, 11) is 0. The fourth-order valence-electron chi connectivity index (χ4n) is 1.57. The van der Waals surface area contributed by atoms with Gasteiger partial charge in [-0.05, 0) is 31.0 Å². The van der Waals surface area contributed by atoms with Gasteiger partial charge in [-0.1, -0.05) is 6.07 Å². The lowest BCUT2D eigenvalue weighted by Crippen LogP contribution is -2.26. The molecular weight excluding hydrogens is 197 g/mol. The van der Waals surface area contributed by atoms with Gasteiger partial charge in [-0.25, -0.2) is 4.39 Å². The third-order valence-electron chi connectivity index (χ3n) is 2.31. The van der Waals surface area contributed by atoms with Crippen molar-refractivity contribution in [2.45, 2.75) is 18.9 Å². The Bertz CT molecular complexity index is 361. The van der Waals surface area contributed by atoms with Crippen LogP contribution in [-0.4, -0.2) is 18.6 Å². The number of carbonyl (C=O) groups excluding carboxylic acids is 1. The van der Waals surface area contributed by atoms with E-state index >= 15 is 0 Å². The van der Waals surface area contributed by atoms with Crippen LogP contribution < -0.4 is 5.32 Å². The topological polar surface area (TPSA) is 38.3 Å². The summed E-state index contributed by atoms with van der Waals surface area (Å²) in [5, 5.41) is 2.62. The van der Waals surface area contributed by atoms with Gasteiger partial charge in [0.2, 0.25) is 0 Å². The van der Waals surface area contributed by atoms with Crippen molar-refractivity contribution in [3.05, 3.63) is 30.1 Å². The Morgan fingerprint density at radius 2 is 2.40 bits per heavy atom. The van der Waals surface area contributed by atoms with Gasteiger partial charge >= 0.3 is 0 Å². The molecule has 1 fully saturated rings. The molecule has 1 aliphatic heterocycles.